The lowest BCUT2D eigenvalue weighted by atomic mass is 10.1. The Kier molecular flexibility index (Phi) is 3.74. The average Bonchev–Trinajstić information content (AvgIpc) is 2.92. The highest BCUT2D eigenvalue weighted by Gasteiger charge is 2.11. The maximum atomic E-state index is 12.3. The molecule has 1 amide bonds. The predicted octanol–water partition coefficient (Wildman–Crippen LogP) is 5.14. The number of aromatic amines is 1. The van der Waals surface area contributed by atoms with E-state index in [1.807, 2.05) is 37.4 Å². The molecule has 0 saturated heterocycles. The van der Waals surface area contributed by atoms with Gasteiger partial charge in [0.05, 0.1) is 5.69 Å². The number of anilines is 1. The van der Waals surface area contributed by atoms with Gasteiger partial charge in [-0.05, 0) is 64.8 Å². The van der Waals surface area contributed by atoms with Gasteiger partial charge >= 0.3 is 0 Å². The Morgan fingerprint density at radius 3 is 2.86 bits per heavy atom. The number of rotatable bonds is 2. The number of hydrogen-bond donors (Lipinski definition) is 2. The van der Waals surface area contributed by atoms with E-state index in [0.29, 0.717) is 16.3 Å². The largest absolute Gasteiger partial charge is 0.361 e. The highest BCUT2D eigenvalue weighted by Crippen LogP contribution is 2.29. The molecule has 0 aliphatic heterocycles. The zero-order valence-corrected chi connectivity index (χ0v) is 13.5. The predicted molar refractivity (Wildman–Crippen MR) is 90.1 cm³/mol. The van der Waals surface area contributed by atoms with Gasteiger partial charge in [-0.1, -0.05) is 11.6 Å². The van der Waals surface area contributed by atoms with Crippen molar-refractivity contribution in [2.75, 3.05) is 5.32 Å². The van der Waals surface area contributed by atoms with Crippen LogP contribution in [-0.2, 0) is 0 Å². The van der Waals surface area contributed by atoms with Gasteiger partial charge in [0, 0.05) is 32.2 Å². The molecule has 0 fully saturated rings. The minimum atomic E-state index is -0.168. The molecule has 0 aliphatic carbocycles. The van der Waals surface area contributed by atoms with Gasteiger partial charge in [0.25, 0.3) is 5.91 Å². The molecule has 2 N–H and O–H groups in total. The average molecular weight is 364 g/mol. The van der Waals surface area contributed by atoms with E-state index in [1.165, 1.54) is 0 Å². The molecule has 5 heteroatoms. The molecule has 0 spiro atoms. The van der Waals surface area contributed by atoms with Gasteiger partial charge in [-0.25, -0.2) is 0 Å². The molecule has 2 aromatic carbocycles. The highest BCUT2D eigenvalue weighted by molar-refractivity contribution is 9.10. The monoisotopic (exact) mass is 362 g/mol. The van der Waals surface area contributed by atoms with Gasteiger partial charge in [0.2, 0.25) is 0 Å². The molecular weight excluding hydrogens is 352 g/mol. The smallest absolute Gasteiger partial charge is 0.255 e. The fourth-order valence-corrected chi connectivity index (χ4v) is 2.85. The summed E-state index contributed by atoms with van der Waals surface area (Å²) in [7, 11) is 0. The van der Waals surface area contributed by atoms with E-state index in [0.717, 1.165) is 20.9 Å². The minimum absolute atomic E-state index is 0.168. The van der Waals surface area contributed by atoms with Crippen LogP contribution in [0.2, 0.25) is 5.02 Å². The van der Waals surface area contributed by atoms with E-state index < -0.39 is 0 Å². The summed E-state index contributed by atoms with van der Waals surface area (Å²) in [5.74, 6) is -0.168. The third kappa shape index (κ3) is 2.82. The van der Waals surface area contributed by atoms with Crippen LogP contribution in [0.1, 0.15) is 15.9 Å². The van der Waals surface area contributed by atoms with E-state index in [1.54, 1.807) is 12.1 Å². The SMILES string of the molecule is Cc1cc(Br)c(NC(=O)c2ccc3[nH]ccc3c2)cc1Cl. The van der Waals surface area contributed by atoms with Crippen molar-refractivity contribution in [1.29, 1.82) is 0 Å². The van der Waals surface area contributed by atoms with Crippen LogP contribution in [0.5, 0.6) is 0 Å². The van der Waals surface area contributed by atoms with E-state index in [4.69, 9.17) is 11.6 Å². The maximum absolute atomic E-state index is 12.3. The van der Waals surface area contributed by atoms with Gasteiger partial charge in [-0.3, -0.25) is 4.79 Å². The number of H-pyrrole nitrogens is 1. The lowest BCUT2D eigenvalue weighted by Crippen LogP contribution is -2.12. The Morgan fingerprint density at radius 1 is 1.24 bits per heavy atom. The van der Waals surface area contributed by atoms with Crippen LogP contribution < -0.4 is 5.32 Å². The quantitative estimate of drug-likeness (QED) is 0.650. The third-order valence-electron chi connectivity index (χ3n) is 3.31. The van der Waals surface area contributed by atoms with Crippen molar-refractivity contribution < 1.29 is 4.79 Å². The standard InChI is InChI=1S/C16H12BrClN2O/c1-9-6-12(17)15(8-13(9)18)20-16(21)11-2-3-14-10(7-11)4-5-19-14/h2-8,19H,1H3,(H,20,21). The van der Waals surface area contributed by atoms with E-state index in [9.17, 15) is 4.79 Å². The Hall–Kier alpha value is -1.78. The molecule has 1 aromatic heterocycles. The number of aryl methyl sites for hydroxylation is 1. The molecule has 106 valence electrons. The second kappa shape index (κ2) is 5.54. The lowest BCUT2D eigenvalue weighted by molar-refractivity contribution is 0.102. The van der Waals surface area contributed by atoms with E-state index in [2.05, 4.69) is 26.2 Å². The van der Waals surface area contributed by atoms with Crippen molar-refractivity contribution in [2.45, 2.75) is 6.92 Å². The van der Waals surface area contributed by atoms with Crippen molar-refractivity contribution >= 4 is 50.0 Å². The van der Waals surface area contributed by atoms with Crippen LogP contribution in [0.15, 0.2) is 47.1 Å². The van der Waals surface area contributed by atoms with Crippen molar-refractivity contribution in [3.05, 3.63) is 63.2 Å². The summed E-state index contributed by atoms with van der Waals surface area (Å²) in [6, 6.07) is 11.1. The number of amides is 1. The molecule has 1 heterocycles. The number of benzene rings is 2. The zero-order chi connectivity index (χ0) is 15.0. The van der Waals surface area contributed by atoms with E-state index in [-0.39, 0.29) is 5.91 Å². The van der Waals surface area contributed by atoms with Crippen LogP contribution in [0, 0.1) is 6.92 Å². The first kappa shape index (κ1) is 14.2. The summed E-state index contributed by atoms with van der Waals surface area (Å²) in [5.41, 5.74) is 3.22. The number of carbonyl (C=O) groups is 1. The molecular formula is C16H12BrClN2O. The number of halogens is 2. The second-order valence-corrected chi connectivity index (χ2v) is 6.08. The van der Waals surface area contributed by atoms with Crippen LogP contribution in [-0.4, -0.2) is 10.9 Å². The first-order chi connectivity index (χ1) is 10.0. The molecule has 3 nitrogen and oxygen atoms in total. The molecule has 0 bridgehead atoms. The van der Waals surface area contributed by atoms with Crippen LogP contribution in [0.25, 0.3) is 10.9 Å². The summed E-state index contributed by atoms with van der Waals surface area (Å²) in [5, 5.41) is 4.49. The first-order valence-corrected chi connectivity index (χ1v) is 7.56. The molecule has 0 unspecified atom stereocenters. The van der Waals surface area contributed by atoms with Crippen LogP contribution in [0.4, 0.5) is 5.69 Å². The van der Waals surface area contributed by atoms with Crippen molar-refractivity contribution in [1.82, 2.24) is 4.98 Å². The molecule has 0 saturated carbocycles. The summed E-state index contributed by atoms with van der Waals surface area (Å²) in [6.45, 7) is 1.92. The van der Waals surface area contributed by atoms with Gasteiger partial charge in [0.15, 0.2) is 0 Å². The van der Waals surface area contributed by atoms with Gasteiger partial charge < -0.3 is 10.3 Å². The second-order valence-electron chi connectivity index (χ2n) is 4.82. The Balaban J connectivity index is 1.90. The summed E-state index contributed by atoms with van der Waals surface area (Å²) >= 11 is 9.54. The van der Waals surface area contributed by atoms with Crippen molar-refractivity contribution in [2.24, 2.45) is 0 Å². The number of carbonyl (C=O) groups excluding carboxylic acids is 1. The Bertz CT molecular complexity index is 841. The van der Waals surface area contributed by atoms with Crippen molar-refractivity contribution in [3.63, 3.8) is 0 Å². The number of fused-ring (bicyclic) bond motifs is 1. The molecule has 3 rings (SSSR count). The third-order valence-corrected chi connectivity index (χ3v) is 4.38. The fourth-order valence-electron chi connectivity index (χ4n) is 2.13. The highest BCUT2D eigenvalue weighted by atomic mass is 79.9. The molecule has 3 aromatic rings. The molecule has 0 atom stereocenters. The maximum Gasteiger partial charge on any atom is 0.255 e. The zero-order valence-electron chi connectivity index (χ0n) is 11.2. The summed E-state index contributed by atoms with van der Waals surface area (Å²) < 4.78 is 0.806. The molecule has 0 radical (unpaired) electrons. The molecule has 21 heavy (non-hydrogen) atoms. The van der Waals surface area contributed by atoms with Crippen molar-refractivity contribution in [3.8, 4) is 0 Å². The van der Waals surface area contributed by atoms with Gasteiger partial charge in [0.1, 0.15) is 0 Å². The Morgan fingerprint density at radius 2 is 2.05 bits per heavy atom. The lowest BCUT2D eigenvalue weighted by Gasteiger charge is -2.09. The normalized spacial score (nSPS) is 10.8. The summed E-state index contributed by atoms with van der Waals surface area (Å²) in [6.07, 6.45) is 1.85. The number of hydrogen-bond acceptors (Lipinski definition) is 1. The topological polar surface area (TPSA) is 44.9 Å². The van der Waals surface area contributed by atoms with Gasteiger partial charge in [-0.15, -0.1) is 0 Å². The Labute approximate surface area is 135 Å². The van der Waals surface area contributed by atoms with Crippen LogP contribution in [0.3, 0.4) is 0 Å². The molecule has 0 aliphatic rings. The minimum Gasteiger partial charge on any atom is -0.361 e. The first-order valence-electron chi connectivity index (χ1n) is 6.39. The van der Waals surface area contributed by atoms with E-state index >= 15 is 0 Å². The van der Waals surface area contributed by atoms with Gasteiger partial charge in [-0.2, -0.15) is 0 Å². The fraction of sp³-hybridized carbons (Fsp3) is 0.0625. The van der Waals surface area contributed by atoms with Crippen LogP contribution >= 0.6 is 27.5 Å². The number of nitrogens with one attached hydrogen (secondary N) is 2. The number of aromatic nitrogens is 1. The summed E-state index contributed by atoms with van der Waals surface area (Å²) in [4.78, 5) is 15.4.